The summed E-state index contributed by atoms with van der Waals surface area (Å²) in [5, 5.41) is 5.56. The van der Waals surface area contributed by atoms with Gasteiger partial charge in [0.25, 0.3) is 5.56 Å². The first-order chi connectivity index (χ1) is 16.6. The quantitative estimate of drug-likeness (QED) is 0.469. The van der Waals surface area contributed by atoms with Crippen molar-refractivity contribution >= 4 is 42.1 Å². The molecule has 1 aliphatic carbocycles. The molecule has 0 atom stereocenters. The van der Waals surface area contributed by atoms with Gasteiger partial charge in [-0.05, 0) is 61.6 Å². The third-order valence-corrected chi connectivity index (χ3v) is 7.66. The molecule has 0 radical (unpaired) electrons. The number of benzene rings is 2. The lowest BCUT2D eigenvalue weighted by Crippen LogP contribution is -2.41. The van der Waals surface area contributed by atoms with Crippen LogP contribution in [0.4, 0.5) is 5.69 Å². The van der Waals surface area contributed by atoms with Crippen LogP contribution in [0, 0.1) is 0 Å². The number of nitrogens with zero attached hydrogens (tertiary/aromatic N) is 3. The Kier molecular flexibility index (Phi) is 9.84. The van der Waals surface area contributed by atoms with Crippen LogP contribution < -0.4 is 16.2 Å². The predicted molar refractivity (Wildman–Crippen MR) is 151 cm³/mol. The lowest BCUT2D eigenvalue weighted by Gasteiger charge is -2.40. The molecule has 2 aliphatic rings. The Balaban J connectivity index is 0.00000180. The van der Waals surface area contributed by atoms with E-state index < -0.39 is 0 Å². The van der Waals surface area contributed by atoms with E-state index in [1.165, 1.54) is 5.56 Å². The topological polar surface area (TPSA) is 73.4 Å². The van der Waals surface area contributed by atoms with Gasteiger partial charge in [-0.1, -0.05) is 35.9 Å². The second-order valence-electron chi connectivity index (χ2n) is 9.38. The maximum Gasteiger partial charge on any atom is 0.267 e. The minimum atomic E-state index is -0.102. The molecule has 1 aromatic heterocycles. The van der Waals surface area contributed by atoms with E-state index in [4.69, 9.17) is 27.2 Å². The predicted octanol–water partition coefficient (Wildman–Crippen LogP) is 5.26. The van der Waals surface area contributed by atoms with E-state index >= 15 is 0 Å². The summed E-state index contributed by atoms with van der Waals surface area (Å²) >= 11 is 6.26. The van der Waals surface area contributed by atoms with Crippen LogP contribution in [-0.2, 0) is 10.2 Å². The minimum Gasteiger partial charge on any atom is -0.378 e. The number of hydrogen-bond donors (Lipinski definition) is 1. The molecule has 6 nitrogen and oxygen atoms in total. The number of ether oxygens (including phenoxy) is 1. The second-order valence-corrected chi connectivity index (χ2v) is 9.81. The Hall–Kier alpha value is -2.09. The van der Waals surface area contributed by atoms with Gasteiger partial charge in [-0.25, -0.2) is 4.68 Å². The summed E-state index contributed by atoms with van der Waals surface area (Å²) in [5.74, 6) is 0. The van der Waals surface area contributed by atoms with Gasteiger partial charge in [0.15, 0.2) is 0 Å². The van der Waals surface area contributed by atoms with Crippen LogP contribution >= 0.6 is 36.4 Å². The van der Waals surface area contributed by atoms with Crippen molar-refractivity contribution in [3.05, 3.63) is 81.6 Å². The SMILES string of the molecule is Cl.Cl.NC[C@]1(c2cccc(Cl)c2)CC[C@@H](n2nc(-c3cccc(N4CCOCC4)c3)ccc2=O)CC1. The molecule has 9 heteroatoms. The number of aromatic nitrogens is 2. The molecule has 0 spiro atoms. The van der Waals surface area contributed by atoms with Crippen LogP contribution in [0.3, 0.4) is 0 Å². The number of anilines is 1. The minimum absolute atomic E-state index is 0. The number of halogens is 3. The molecule has 1 saturated heterocycles. The first kappa shape index (κ1) is 28.5. The number of morpholine rings is 1. The lowest BCUT2D eigenvalue weighted by atomic mass is 9.68. The van der Waals surface area contributed by atoms with Crippen LogP contribution in [0.1, 0.15) is 37.3 Å². The van der Waals surface area contributed by atoms with Crippen molar-refractivity contribution in [1.82, 2.24) is 9.78 Å². The highest BCUT2D eigenvalue weighted by Crippen LogP contribution is 2.42. The maximum absolute atomic E-state index is 12.8. The zero-order valence-electron chi connectivity index (χ0n) is 20.1. The van der Waals surface area contributed by atoms with E-state index in [0.29, 0.717) is 6.54 Å². The zero-order chi connectivity index (χ0) is 23.5. The summed E-state index contributed by atoms with van der Waals surface area (Å²) in [4.78, 5) is 15.1. The molecular formula is C27H33Cl3N4O2. The van der Waals surface area contributed by atoms with Gasteiger partial charge in [-0.2, -0.15) is 5.10 Å². The molecule has 2 N–H and O–H groups in total. The Morgan fingerprint density at radius 3 is 2.42 bits per heavy atom. The third-order valence-electron chi connectivity index (χ3n) is 7.43. The molecule has 0 amide bonds. The smallest absolute Gasteiger partial charge is 0.267 e. The van der Waals surface area contributed by atoms with Gasteiger partial charge in [0.1, 0.15) is 0 Å². The summed E-state index contributed by atoms with van der Waals surface area (Å²) in [6, 6.07) is 19.9. The largest absolute Gasteiger partial charge is 0.378 e. The normalized spacial score (nSPS) is 21.8. The van der Waals surface area contributed by atoms with E-state index in [-0.39, 0.29) is 41.8 Å². The molecule has 1 aliphatic heterocycles. The third kappa shape index (κ3) is 5.90. The fourth-order valence-corrected chi connectivity index (χ4v) is 5.54. The summed E-state index contributed by atoms with van der Waals surface area (Å²) in [6.07, 6.45) is 3.51. The summed E-state index contributed by atoms with van der Waals surface area (Å²) < 4.78 is 7.17. The molecule has 2 heterocycles. The van der Waals surface area contributed by atoms with Crippen LogP contribution in [0.15, 0.2) is 65.5 Å². The highest BCUT2D eigenvalue weighted by atomic mass is 35.5. The zero-order valence-corrected chi connectivity index (χ0v) is 22.5. The van der Waals surface area contributed by atoms with Crippen molar-refractivity contribution in [3.8, 4) is 11.3 Å². The monoisotopic (exact) mass is 550 g/mol. The van der Waals surface area contributed by atoms with Crippen LogP contribution in [-0.4, -0.2) is 42.6 Å². The molecule has 0 unspecified atom stereocenters. The molecule has 194 valence electrons. The highest BCUT2D eigenvalue weighted by Gasteiger charge is 2.37. The van der Waals surface area contributed by atoms with Crippen molar-refractivity contribution in [2.75, 3.05) is 37.7 Å². The number of nitrogens with two attached hydrogens (primary N) is 1. The van der Waals surface area contributed by atoms with Crippen molar-refractivity contribution in [2.24, 2.45) is 5.73 Å². The van der Waals surface area contributed by atoms with Gasteiger partial charge >= 0.3 is 0 Å². The first-order valence-electron chi connectivity index (χ1n) is 12.1. The molecule has 3 aromatic rings. The molecule has 0 bridgehead atoms. The van der Waals surface area contributed by atoms with Gasteiger partial charge in [0.05, 0.1) is 24.9 Å². The molecule has 36 heavy (non-hydrogen) atoms. The lowest BCUT2D eigenvalue weighted by molar-refractivity contribution is 0.122. The van der Waals surface area contributed by atoms with Crippen LogP contribution in [0.2, 0.25) is 5.02 Å². The number of rotatable bonds is 5. The summed E-state index contributed by atoms with van der Waals surface area (Å²) in [7, 11) is 0. The van der Waals surface area contributed by atoms with Crippen LogP contribution in [0.5, 0.6) is 0 Å². The number of hydrogen-bond acceptors (Lipinski definition) is 5. The maximum atomic E-state index is 12.8. The van der Waals surface area contributed by atoms with Gasteiger partial charge < -0.3 is 15.4 Å². The summed E-state index contributed by atoms with van der Waals surface area (Å²) in [5.41, 5.74) is 10.3. The van der Waals surface area contributed by atoms with Crippen molar-refractivity contribution < 1.29 is 4.74 Å². The molecule has 2 aromatic carbocycles. The molecular weight excluding hydrogens is 519 g/mol. The molecule has 2 fully saturated rings. The van der Waals surface area contributed by atoms with E-state index in [1.807, 2.05) is 24.3 Å². The van der Waals surface area contributed by atoms with Gasteiger partial charge in [0, 0.05) is 47.4 Å². The average Bonchev–Trinajstić information content (AvgIpc) is 2.90. The Morgan fingerprint density at radius 2 is 1.72 bits per heavy atom. The molecule has 1 saturated carbocycles. The van der Waals surface area contributed by atoms with E-state index in [1.54, 1.807) is 10.7 Å². The Bertz CT molecular complexity index is 1210. The van der Waals surface area contributed by atoms with Crippen LogP contribution in [0.25, 0.3) is 11.3 Å². The van der Waals surface area contributed by atoms with Gasteiger partial charge in [-0.15, -0.1) is 24.8 Å². The second kappa shape index (κ2) is 12.4. The van der Waals surface area contributed by atoms with Crippen molar-refractivity contribution in [3.63, 3.8) is 0 Å². The van der Waals surface area contributed by atoms with E-state index in [9.17, 15) is 4.79 Å². The summed E-state index contributed by atoms with van der Waals surface area (Å²) in [6.45, 7) is 3.82. The Morgan fingerprint density at radius 1 is 1.00 bits per heavy atom. The van der Waals surface area contributed by atoms with Gasteiger partial charge in [-0.3, -0.25) is 4.79 Å². The van der Waals surface area contributed by atoms with Crippen molar-refractivity contribution in [1.29, 1.82) is 0 Å². The Labute approximate surface area is 229 Å². The molecule has 5 rings (SSSR count). The average molecular weight is 552 g/mol. The van der Waals surface area contributed by atoms with Gasteiger partial charge in [0.2, 0.25) is 0 Å². The fourth-order valence-electron chi connectivity index (χ4n) is 5.35. The van der Waals surface area contributed by atoms with E-state index in [0.717, 1.165) is 74.0 Å². The highest BCUT2D eigenvalue weighted by molar-refractivity contribution is 6.30. The van der Waals surface area contributed by atoms with Crippen molar-refractivity contribution in [2.45, 2.75) is 37.1 Å². The first-order valence-corrected chi connectivity index (χ1v) is 12.4. The fraction of sp³-hybridized carbons (Fsp3) is 0.407. The standard InChI is InChI=1S/C27H31ClN4O2.2ClH/c28-22-5-2-4-21(18-22)27(19-29)11-9-23(10-12-27)32-26(33)8-7-25(30-32)20-3-1-6-24(17-20)31-13-15-34-16-14-31;;/h1-8,17-18,23H,9-16,19,29H2;2*1H/t23-,27+;;. The van der Waals surface area contributed by atoms with E-state index in [2.05, 4.69) is 35.2 Å².